The van der Waals surface area contributed by atoms with Crippen LogP contribution in [-0.4, -0.2) is 11.9 Å². The zero-order valence-electron chi connectivity index (χ0n) is 8.02. The van der Waals surface area contributed by atoms with Gasteiger partial charge in [0.1, 0.15) is 0 Å². The lowest BCUT2D eigenvalue weighted by Crippen LogP contribution is -2.41. The molecular formula is C9H12ClN5. The maximum atomic E-state index is 5.52. The number of nitrogens with two attached hydrogens (primary N) is 2. The molecule has 0 heterocycles. The zero-order chi connectivity index (χ0) is 11.1. The van der Waals surface area contributed by atoms with Crippen LogP contribution >= 0.6 is 11.8 Å². The Kier molecular flexibility index (Phi) is 4.43. The molecule has 5 N–H and O–H groups in total. The number of halogens is 1. The average molecular weight is 226 g/mol. The Morgan fingerprint density at radius 1 is 1.20 bits per heavy atom. The summed E-state index contributed by atoms with van der Waals surface area (Å²) < 4.78 is 3.18. The van der Waals surface area contributed by atoms with Crippen LogP contribution in [0.1, 0.15) is 5.56 Å². The summed E-state index contributed by atoms with van der Waals surface area (Å²) in [4.78, 5) is 4.05. The van der Waals surface area contributed by atoms with Gasteiger partial charge in [0.05, 0.1) is 6.54 Å². The van der Waals surface area contributed by atoms with Gasteiger partial charge in [-0.3, -0.25) is 5.32 Å². The second kappa shape index (κ2) is 5.87. The quantitative estimate of drug-likeness (QED) is 0.508. The molecule has 5 nitrogen and oxygen atoms in total. The van der Waals surface area contributed by atoms with Crippen LogP contribution in [0.4, 0.5) is 0 Å². The lowest BCUT2D eigenvalue weighted by Gasteiger charge is -2.02. The molecule has 1 rings (SSSR count). The summed E-state index contributed by atoms with van der Waals surface area (Å²) in [6.45, 7) is 0.481. The normalized spacial score (nSPS) is 12.6. The number of nitrogens with one attached hydrogen (secondary N) is 1. The minimum absolute atomic E-state index is 0.0194. The van der Waals surface area contributed by atoms with E-state index in [1.54, 1.807) is 0 Å². The van der Waals surface area contributed by atoms with Crippen LogP contribution in [0.3, 0.4) is 0 Å². The largest absolute Gasteiger partial charge is 0.370 e. The van der Waals surface area contributed by atoms with E-state index in [0.717, 1.165) is 5.56 Å². The van der Waals surface area contributed by atoms with Crippen molar-refractivity contribution < 1.29 is 0 Å². The Bertz CT molecular complexity index is 360. The summed E-state index contributed by atoms with van der Waals surface area (Å²) in [5.41, 5.74) is 11.9. The third-order valence-electron chi connectivity index (χ3n) is 1.62. The van der Waals surface area contributed by atoms with E-state index in [9.17, 15) is 0 Å². The van der Waals surface area contributed by atoms with E-state index in [2.05, 4.69) is 14.8 Å². The van der Waals surface area contributed by atoms with Crippen molar-refractivity contribution in [3.8, 4) is 0 Å². The molecule has 0 atom stereocenters. The van der Waals surface area contributed by atoms with Gasteiger partial charge < -0.3 is 11.5 Å². The van der Waals surface area contributed by atoms with Crippen molar-refractivity contribution >= 4 is 23.7 Å². The summed E-state index contributed by atoms with van der Waals surface area (Å²) in [6, 6.07) is 9.71. The van der Waals surface area contributed by atoms with Gasteiger partial charge in [-0.2, -0.15) is 0 Å². The molecule has 0 saturated heterocycles. The summed E-state index contributed by atoms with van der Waals surface area (Å²) in [6.07, 6.45) is 0. The highest BCUT2D eigenvalue weighted by atomic mass is 35.5. The highest BCUT2D eigenvalue weighted by molar-refractivity contribution is 6.20. The van der Waals surface area contributed by atoms with Gasteiger partial charge in [-0.05, 0) is 5.56 Å². The topological polar surface area (TPSA) is 88.8 Å². The molecule has 0 fully saturated rings. The summed E-state index contributed by atoms with van der Waals surface area (Å²) >= 11 is 5.10. The van der Waals surface area contributed by atoms with Gasteiger partial charge in [0.25, 0.3) is 0 Å². The molecule has 0 saturated carbocycles. The molecule has 0 aliphatic rings. The predicted molar refractivity (Wildman–Crippen MR) is 62.4 cm³/mol. The van der Waals surface area contributed by atoms with E-state index in [0.29, 0.717) is 6.54 Å². The van der Waals surface area contributed by atoms with Gasteiger partial charge in [0, 0.05) is 11.8 Å². The lowest BCUT2D eigenvalue weighted by molar-refractivity contribution is 1.04. The highest BCUT2D eigenvalue weighted by Crippen LogP contribution is 1.99. The Morgan fingerprint density at radius 3 is 2.47 bits per heavy atom. The monoisotopic (exact) mass is 225 g/mol. The number of hydrogen-bond donors (Lipinski definition) is 3. The Labute approximate surface area is 93.0 Å². The second-order valence-corrected chi connectivity index (χ2v) is 2.95. The molecule has 6 heteroatoms. The van der Waals surface area contributed by atoms with E-state index in [1.807, 2.05) is 30.3 Å². The van der Waals surface area contributed by atoms with Crippen LogP contribution in [-0.2, 0) is 6.54 Å². The molecule has 1 aromatic rings. The molecule has 0 bridgehead atoms. The molecule has 15 heavy (non-hydrogen) atoms. The Hall–Kier alpha value is -1.75. The average Bonchev–Trinajstić information content (AvgIpc) is 2.27. The van der Waals surface area contributed by atoms with Crippen molar-refractivity contribution in [1.82, 2.24) is 5.32 Å². The third kappa shape index (κ3) is 4.33. The van der Waals surface area contributed by atoms with Crippen LogP contribution in [0, 0.1) is 0 Å². The van der Waals surface area contributed by atoms with Crippen molar-refractivity contribution in [2.75, 3.05) is 0 Å². The van der Waals surface area contributed by atoms with E-state index >= 15 is 0 Å². The first-order valence-corrected chi connectivity index (χ1v) is 4.61. The molecule has 0 unspecified atom stereocenters. The van der Waals surface area contributed by atoms with Crippen LogP contribution < -0.4 is 16.8 Å². The fourth-order valence-corrected chi connectivity index (χ4v) is 0.994. The Morgan fingerprint density at radius 2 is 1.87 bits per heavy atom. The Balaban J connectivity index is 2.51. The van der Waals surface area contributed by atoms with Gasteiger partial charge in [0.2, 0.25) is 5.96 Å². The van der Waals surface area contributed by atoms with E-state index in [4.69, 9.17) is 23.2 Å². The first kappa shape index (κ1) is 11.3. The standard InChI is InChI=1S/C9H12ClN5/c10-15-9(12)14-8(11)13-6-7-4-2-1-3-5-7/h1-5H,6H2,(H5,11,12,13,14,15). The van der Waals surface area contributed by atoms with E-state index in [-0.39, 0.29) is 11.9 Å². The minimum Gasteiger partial charge on any atom is -0.370 e. The van der Waals surface area contributed by atoms with Gasteiger partial charge in [-0.1, -0.05) is 30.3 Å². The minimum atomic E-state index is 0.0194. The number of nitrogens with zero attached hydrogens (tertiary/aromatic N) is 2. The summed E-state index contributed by atoms with van der Waals surface area (Å²) in [7, 11) is 0. The number of hydrogen-bond acceptors (Lipinski definition) is 2. The number of rotatable bonds is 2. The summed E-state index contributed by atoms with van der Waals surface area (Å²) in [5.74, 6) is 0.201. The molecular weight excluding hydrogens is 214 g/mol. The summed E-state index contributed by atoms with van der Waals surface area (Å²) in [5, 5.41) is 2.52. The maximum absolute atomic E-state index is 5.52. The molecule has 0 radical (unpaired) electrons. The smallest absolute Gasteiger partial charge is 0.213 e. The van der Waals surface area contributed by atoms with Crippen LogP contribution in [0.25, 0.3) is 0 Å². The third-order valence-corrected chi connectivity index (χ3v) is 1.80. The van der Waals surface area contributed by atoms with Gasteiger partial charge in [0.15, 0.2) is 5.96 Å². The highest BCUT2D eigenvalue weighted by Gasteiger charge is 1.94. The van der Waals surface area contributed by atoms with E-state index in [1.165, 1.54) is 0 Å². The SMILES string of the molecule is NC(=NCl)NC(N)=NCc1ccccc1. The molecule has 0 aliphatic carbocycles. The molecule has 80 valence electrons. The van der Waals surface area contributed by atoms with Crippen molar-refractivity contribution in [3.63, 3.8) is 0 Å². The molecule has 0 amide bonds. The van der Waals surface area contributed by atoms with Crippen molar-refractivity contribution in [1.29, 1.82) is 0 Å². The van der Waals surface area contributed by atoms with E-state index < -0.39 is 0 Å². The maximum Gasteiger partial charge on any atom is 0.213 e. The number of benzene rings is 1. The molecule has 0 aliphatic heterocycles. The van der Waals surface area contributed by atoms with Crippen molar-refractivity contribution in [3.05, 3.63) is 35.9 Å². The van der Waals surface area contributed by atoms with Crippen LogP contribution in [0.15, 0.2) is 39.8 Å². The van der Waals surface area contributed by atoms with Gasteiger partial charge in [-0.15, -0.1) is 4.51 Å². The van der Waals surface area contributed by atoms with Crippen molar-refractivity contribution in [2.45, 2.75) is 6.54 Å². The molecule has 0 aromatic heterocycles. The number of guanidine groups is 2. The van der Waals surface area contributed by atoms with Crippen LogP contribution in [0.5, 0.6) is 0 Å². The first-order chi connectivity index (χ1) is 7.22. The second-order valence-electron chi connectivity index (χ2n) is 2.78. The van der Waals surface area contributed by atoms with Gasteiger partial charge in [-0.25, -0.2) is 4.99 Å². The van der Waals surface area contributed by atoms with Crippen molar-refractivity contribution in [2.24, 2.45) is 21.0 Å². The zero-order valence-corrected chi connectivity index (χ0v) is 8.78. The fourth-order valence-electron chi connectivity index (χ4n) is 0.952. The van der Waals surface area contributed by atoms with Gasteiger partial charge >= 0.3 is 0 Å². The van der Waals surface area contributed by atoms with Crippen LogP contribution in [0.2, 0.25) is 0 Å². The molecule has 0 spiro atoms. The fraction of sp³-hybridized carbons (Fsp3) is 0.111. The number of aliphatic imine (C=N–C) groups is 1. The lowest BCUT2D eigenvalue weighted by atomic mass is 10.2. The molecule has 1 aromatic carbocycles. The first-order valence-electron chi connectivity index (χ1n) is 4.27. The predicted octanol–water partition coefficient (Wildman–Crippen LogP) is 0.559.